The lowest BCUT2D eigenvalue weighted by atomic mass is 10.00. The summed E-state index contributed by atoms with van der Waals surface area (Å²) in [5.74, 6) is 0.402. The molecule has 29 heavy (non-hydrogen) atoms. The van der Waals surface area contributed by atoms with Crippen molar-refractivity contribution >= 4 is 17.5 Å². The Morgan fingerprint density at radius 2 is 1.66 bits per heavy atom. The van der Waals surface area contributed by atoms with E-state index in [0.29, 0.717) is 25.0 Å². The van der Waals surface area contributed by atoms with Crippen LogP contribution in [-0.2, 0) is 9.59 Å². The lowest BCUT2D eigenvalue weighted by molar-refractivity contribution is -1.00. The maximum atomic E-state index is 12.8. The van der Waals surface area contributed by atoms with Gasteiger partial charge in [-0.1, -0.05) is 25.1 Å². The van der Waals surface area contributed by atoms with Gasteiger partial charge in [0.1, 0.15) is 26.2 Å². The van der Waals surface area contributed by atoms with Crippen molar-refractivity contribution in [3.63, 3.8) is 0 Å². The first-order valence-corrected chi connectivity index (χ1v) is 11.3. The van der Waals surface area contributed by atoms with Gasteiger partial charge in [0.15, 0.2) is 13.1 Å². The average Bonchev–Trinajstić information content (AvgIpc) is 2.72. The molecule has 3 N–H and O–H groups in total. The molecule has 2 heterocycles. The van der Waals surface area contributed by atoms with Crippen molar-refractivity contribution in [3.8, 4) is 0 Å². The van der Waals surface area contributed by atoms with Crippen LogP contribution in [0.4, 0.5) is 5.69 Å². The van der Waals surface area contributed by atoms with Crippen molar-refractivity contribution in [2.45, 2.75) is 52.5 Å². The van der Waals surface area contributed by atoms with E-state index in [0.717, 1.165) is 68.8 Å². The number of benzene rings is 1. The molecule has 0 spiro atoms. The van der Waals surface area contributed by atoms with Crippen LogP contribution in [-0.4, -0.2) is 68.6 Å². The van der Waals surface area contributed by atoms with Crippen LogP contribution in [0.25, 0.3) is 0 Å². The molecule has 0 aliphatic carbocycles. The Kier molecular flexibility index (Phi) is 7.67. The number of nitrogens with one attached hydrogen (secondary N) is 3. The Balaban J connectivity index is 1.43. The zero-order valence-electron chi connectivity index (χ0n) is 18.4. The van der Waals surface area contributed by atoms with E-state index < -0.39 is 0 Å². The number of hydrogen-bond donors (Lipinski definition) is 3. The average molecular weight is 403 g/mol. The molecule has 6 nitrogen and oxygen atoms in total. The summed E-state index contributed by atoms with van der Waals surface area (Å²) in [5.41, 5.74) is 3.15. The molecule has 160 valence electrons. The van der Waals surface area contributed by atoms with E-state index in [1.807, 2.05) is 32.0 Å². The van der Waals surface area contributed by atoms with Gasteiger partial charge in [-0.25, -0.2) is 0 Å². The van der Waals surface area contributed by atoms with Gasteiger partial charge in [-0.2, -0.15) is 0 Å². The monoisotopic (exact) mass is 402 g/mol. The Morgan fingerprint density at radius 1 is 1.03 bits per heavy atom. The number of carbonyl (C=O) groups excluding carboxylic acids is 2. The number of piperidine rings is 1. The fourth-order valence-electron chi connectivity index (χ4n) is 4.80. The summed E-state index contributed by atoms with van der Waals surface area (Å²) in [6.07, 6.45) is 4.62. The van der Waals surface area contributed by atoms with Crippen molar-refractivity contribution in [2.24, 2.45) is 0 Å². The summed E-state index contributed by atoms with van der Waals surface area (Å²) < 4.78 is 0. The normalized spacial score (nSPS) is 24.9. The van der Waals surface area contributed by atoms with Crippen LogP contribution in [0.15, 0.2) is 18.2 Å². The van der Waals surface area contributed by atoms with Gasteiger partial charge in [-0.3, -0.25) is 9.59 Å². The predicted molar refractivity (Wildman–Crippen MR) is 115 cm³/mol. The van der Waals surface area contributed by atoms with Crippen LogP contribution in [0.5, 0.6) is 0 Å². The van der Waals surface area contributed by atoms with Crippen molar-refractivity contribution in [1.29, 1.82) is 0 Å². The molecular formula is C23H38N4O2+2. The number of rotatable bonds is 6. The molecule has 0 unspecified atom stereocenters. The number of carbonyl (C=O) groups is 2. The molecule has 1 atom stereocenters. The minimum Gasteiger partial charge on any atom is -0.335 e. The van der Waals surface area contributed by atoms with Crippen molar-refractivity contribution in [2.75, 3.05) is 51.1 Å². The number of likely N-dealkylation sites (tertiary alicyclic amines) is 1. The minimum atomic E-state index is 0.0797. The molecule has 0 aromatic heterocycles. The van der Waals surface area contributed by atoms with E-state index >= 15 is 0 Å². The number of anilines is 1. The first-order valence-electron chi connectivity index (χ1n) is 11.3. The second kappa shape index (κ2) is 10.2. The van der Waals surface area contributed by atoms with Gasteiger partial charge in [0.05, 0.1) is 0 Å². The van der Waals surface area contributed by atoms with Gasteiger partial charge in [0.2, 0.25) is 0 Å². The summed E-state index contributed by atoms with van der Waals surface area (Å²) in [6, 6.07) is 6.51. The zero-order chi connectivity index (χ0) is 20.8. The smallest absolute Gasteiger partial charge is 0.279 e. The molecule has 1 aromatic rings. The van der Waals surface area contributed by atoms with E-state index in [9.17, 15) is 9.59 Å². The predicted octanol–water partition coefficient (Wildman–Crippen LogP) is -0.184. The van der Waals surface area contributed by atoms with Gasteiger partial charge >= 0.3 is 0 Å². The second-order valence-corrected chi connectivity index (χ2v) is 8.81. The van der Waals surface area contributed by atoms with Crippen LogP contribution in [0.3, 0.4) is 0 Å². The lowest BCUT2D eigenvalue weighted by Crippen LogP contribution is -3.28. The molecule has 2 aliphatic heterocycles. The van der Waals surface area contributed by atoms with E-state index in [2.05, 4.69) is 17.1 Å². The Morgan fingerprint density at radius 3 is 2.28 bits per heavy atom. The van der Waals surface area contributed by atoms with Gasteiger partial charge in [0, 0.05) is 18.3 Å². The maximum Gasteiger partial charge on any atom is 0.279 e. The van der Waals surface area contributed by atoms with Crippen LogP contribution < -0.4 is 15.1 Å². The molecule has 6 heteroatoms. The maximum absolute atomic E-state index is 12.8. The number of amides is 2. The molecular weight excluding hydrogens is 364 g/mol. The van der Waals surface area contributed by atoms with E-state index in [1.165, 1.54) is 16.2 Å². The number of quaternary nitrogens is 2. The van der Waals surface area contributed by atoms with E-state index in [1.54, 1.807) is 0 Å². The fourth-order valence-corrected chi connectivity index (χ4v) is 4.80. The van der Waals surface area contributed by atoms with Crippen molar-refractivity contribution in [3.05, 3.63) is 29.3 Å². The molecule has 0 radical (unpaired) electrons. The van der Waals surface area contributed by atoms with Crippen LogP contribution in [0.1, 0.15) is 43.7 Å². The molecule has 3 rings (SSSR count). The second-order valence-electron chi connectivity index (χ2n) is 8.81. The lowest BCUT2D eigenvalue weighted by Gasteiger charge is -2.36. The highest BCUT2D eigenvalue weighted by Crippen LogP contribution is 2.19. The summed E-state index contributed by atoms with van der Waals surface area (Å²) in [7, 11) is 0. The molecule has 1 aromatic carbocycles. The standard InChI is InChI=1S/C23H36N4O2/c1-4-20-10-5-6-11-27(20)22(29)17-26-14-12-25(13-15-26)16-21(28)24-23-18(2)8-7-9-19(23)3/h7-9,20H,4-6,10-17H2,1-3H3,(H,24,28)/p+2/t20-/m0/s1. The van der Waals surface area contributed by atoms with Crippen molar-refractivity contribution < 1.29 is 19.4 Å². The van der Waals surface area contributed by atoms with Crippen LogP contribution >= 0.6 is 0 Å². The first-order chi connectivity index (χ1) is 14.0. The highest BCUT2D eigenvalue weighted by atomic mass is 16.2. The summed E-state index contributed by atoms with van der Waals surface area (Å²) in [4.78, 5) is 30.1. The molecule has 0 bridgehead atoms. The highest BCUT2D eigenvalue weighted by molar-refractivity contribution is 5.93. The minimum absolute atomic E-state index is 0.0797. The fraction of sp³-hybridized carbons (Fsp3) is 0.652. The molecule has 2 aliphatic rings. The number of piperazine rings is 1. The van der Waals surface area contributed by atoms with Crippen LogP contribution in [0.2, 0.25) is 0 Å². The third kappa shape index (κ3) is 5.80. The van der Waals surface area contributed by atoms with Gasteiger partial charge in [-0.15, -0.1) is 0 Å². The SMILES string of the molecule is CC[C@H]1CCCCN1C(=O)C[NH+]1CC[NH+](CC(=O)Nc2c(C)cccc2C)CC1. The third-order valence-electron chi connectivity index (χ3n) is 6.64. The summed E-state index contributed by atoms with van der Waals surface area (Å²) in [6.45, 7) is 12.1. The van der Waals surface area contributed by atoms with Crippen LogP contribution in [0, 0.1) is 13.8 Å². The topological polar surface area (TPSA) is 58.3 Å². The largest absolute Gasteiger partial charge is 0.335 e. The number of aryl methyl sites for hydroxylation is 2. The number of hydrogen-bond acceptors (Lipinski definition) is 2. The van der Waals surface area contributed by atoms with Gasteiger partial charge in [0.25, 0.3) is 11.8 Å². The van der Waals surface area contributed by atoms with E-state index in [-0.39, 0.29) is 5.91 Å². The van der Waals surface area contributed by atoms with E-state index in [4.69, 9.17) is 0 Å². The summed E-state index contributed by atoms with van der Waals surface area (Å²) in [5, 5.41) is 3.10. The molecule has 0 saturated carbocycles. The van der Waals surface area contributed by atoms with Gasteiger partial charge < -0.3 is 20.0 Å². The Bertz CT molecular complexity index is 693. The third-order valence-corrected chi connectivity index (χ3v) is 6.64. The first kappa shape index (κ1) is 21.8. The van der Waals surface area contributed by atoms with Gasteiger partial charge in [-0.05, 0) is 50.7 Å². The zero-order valence-corrected chi connectivity index (χ0v) is 18.4. The molecule has 2 saturated heterocycles. The quantitative estimate of drug-likeness (QED) is 0.618. The molecule has 2 amide bonds. The Labute approximate surface area is 175 Å². The highest BCUT2D eigenvalue weighted by Gasteiger charge is 2.31. The number of nitrogens with zero attached hydrogens (tertiary/aromatic N) is 1. The molecule has 2 fully saturated rings. The van der Waals surface area contributed by atoms with Crippen molar-refractivity contribution in [1.82, 2.24) is 4.90 Å². The number of para-hydroxylation sites is 1. The summed E-state index contributed by atoms with van der Waals surface area (Å²) >= 11 is 0. The Hall–Kier alpha value is -1.92.